The van der Waals surface area contributed by atoms with E-state index in [4.69, 9.17) is 10.5 Å². The highest BCUT2D eigenvalue weighted by Gasteiger charge is 2.05. The monoisotopic (exact) mass is 287 g/mol. The lowest BCUT2D eigenvalue weighted by Gasteiger charge is -2.20. The van der Waals surface area contributed by atoms with Crippen LogP contribution in [0, 0.1) is 29.6 Å². The van der Waals surface area contributed by atoms with Crippen LogP contribution in [-0.4, -0.2) is 7.05 Å². The molecule has 0 aliphatic rings. The summed E-state index contributed by atoms with van der Waals surface area (Å²) < 4.78 is 0. The average molecular weight is 287 g/mol. The standard InChI is InChI=1S/C19H17N3/c1-15-10-19(9-8-18(15)11-17(12-20)13-21)22(2)14-16-6-4-3-5-7-16/h3-11H,14H2,1-2H3. The first kappa shape index (κ1) is 15.4. The zero-order valence-corrected chi connectivity index (χ0v) is 12.7. The number of rotatable bonds is 4. The van der Waals surface area contributed by atoms with Crippen molar-refractivity contribution in [1.29, 1.82) is 10.5 Å². The molecule has 2 aromatic rings. The van der Waals surface area contributed by atoms with Crippen LogP contribution in [0.15, 0.2) is 54.1 Å². The summed E-state index contributed by atoms with van der Waals surface area (Å²) in [6.07, 6.45) is 1.62. The first-order chi connectivity index (χ1) is 10.6. The van der Waals surface area contributed by atoms with Gasteiger partial charge in [0.15, 0.2) is 0 Å². The molecule has 3 heteroatoms. The molecule has 3 nitrogen and oxygen atoms in total. The van der Waals surface area contributed by atoms with E-state index in [2.05, 4.69) is 23.1 Å². The molecule has 0 atom stereocenters. The van der Waals surface area contributed by atoms with Gasteiger partial charge in [-0.3, -0.25) is 0 Å². The second-order valence-electron chi connectivity index (χ2n) is 5.16. The Morgan fingerprint density at radius 3 is 2.36 bits per heavy atom. The first-order valence-corrected chi connectivity index (χ1v) is 7.01. The minimum atomic E-state index is 0.119. The summed E-state index contributed by atoms with van der Waals surface area (Å²) in [5, 5.41) is 17.7. The fourth-order valence-electron chi connectivity index (χ4n) is 2.25. The molecule has 22 heavy (non-hydrogen) atoms. The Bertz CT molecular complexity index is 746. The molecule has 0 aliphatic carbocycles. The van der Waals surface area contributed by atoms with Gasteiger partial charge in [0.05, 0.1) is 0 Å². The van der Waals surface area contributed by atoms with Gasteiger partial charge >= 0.3 is 0 Å². The van der Waals surface area contributed by atoms with Crippen molar-refractivity contribution in [3.63, 3.8) is 0 Å². The fraction of sp³-hybridized carbons (Fsp3) is 0.158. The van der Waals surface area contributed by atoms with Gasteiger partial charge in [0, 0.05) is 19.3 Å². The summed E-state index contributed by atoms with van der Waals surface area (Å²) in [6, 6.07) is 20.1. The third-order valence-electron chi connectivity index (χ3n) is 3.50. The van der Waals surface area contributed by atoms with E-state index in [-0.39, 0.29) is 5.57 Å². The van der Waals surface area contributed by atoms with Crippen LogP contribution in [0.3, 0.4) is 0 Å². The first-order valence-electron chi connectivity index (χ1n) is 7.01. The number of allylic oxidation sites excluding steroid dienone is 1. The van der Waals surface area contributed by atoms with Gasteiger partial charge in [0.2, 0.25) is 0 Å². The number of benzene rings is 2. The van der Waals surface area contributed by atoms with Crippen LogP contribution in [0.5, 0.6) is 0 Å². The lowest BCUT2D eigenvalue weighted by atomic mass is 10.0. The Balaban J connectivity index is 2.21. The molecule has 0 aliphatic heterocycles. The molecule has 0 fully saturated rings. The summed E-state index contributed by atoms with van der Waals surface area (Å²) in [7, 11) is 2.05. The molecule has 2 aromatic carbocycles. The molecule has 0 N–H and O–H groups in total. The molecule has 0 heterocycles. The van der Waals surface area contributed by atoms with Crippen molar-refractivity contribution in [2.75, 3.05) is 11.9 Å². The number of nitrogens with zero attached hydrogens (tertiary/aromatic N) is 3. The zero-order valence-electron chi connectivity index (χ0n) is 12.7. The molecule has 0 unspecified atom stereocenters. The van der Waals surface area contributed by atoms with Crippen molar-refractivity contribution in [2.24, 2.45) is 0 Å². The molecule has 0 spiro atoms. The predicted molar refractivity (Wildman–Crippen MR) is 88.9 cm³/mol. The third kappa shape index (κ3) is 3.75. The Kier molecular flexibility index (Phi) is 4.96. The van der Waals surface area contributed by atoms with Crippen LogP contribution < -0.4 is 4.90 Å². The summed E-state index contributed by atoms with van der Waals surface area (Å²) in [5.41, 5.74) is 4.42. The molecule has 0 bridgehead atoms. The van der Waals surface area contributed by atoms with Crippen LogP contribution in [0.25, 0.3) is 6.08 Å². The molecular weight excluding hydrogens is 270 g/mol. The number of hydrogen-bond acceptors (Lipinski definition) is 3. The van der Waals surface area contributed by atoms with Crippen LogP contribution in [-0.2, 0) is 6.54 Å². The van der Waals surface area contributed by atoms with Gasteiger partial charge in [0.1, 0.15) is 17.7 Å². The maximum absolute atomic E-state index is 8.84. The van der Waals surface area contributed by atoms with Gasteiger partial charge in [-0.05, 0) is 41.8 Å². The maximum atomic E-state index is 8.84. The number of aryl methyl sites for hydroxylation is 1. The molecule has 0 aromatic heterocycles. The van der Waals surface area contributed by atoms with Crippen LogP contribution in [0.2, 0.25) is 0 Å². The molecule has 0 saturated carbocycles. The molecule has 0 radical (unpaired) electrons. The Labute approximate surface area is 131 Å². The van der Waals surface area contributed by atoms with E-state index in [0.717, 1.165) is 23.4 Å². The SMILES string of the molecule is Cc1cc(N(C)Cc2ccccc2)ccc1C=C(C#N)C#N. The number of hydrogen-bond donors (Lipinski definition) is 0. The largest absolute Gasteiger partial charge is 0.370 e. The van der Waals surface area contributed by atoms with E-state index in [1.165, 1.54) is 5.56 Å². The lowest BCUT2D eigenvalue weighted by molar-refractivity contribution is 0.922. The zero-order chi connectivity index (χ0) is 15.9. The fourth-order valence-corrected chi connectivity index (χ4v) is 2.25. The van der Waals surface area contributed by atoms with Crippen molar-refractivity contribution in [1.82, 2.24) is 0 Å². The normalized spacial score (nSPS) is 9.45. The Hall–Kier alpha value is -3.04. The van der Waals surface area contributed by atoms with Crippen molar-refractivity contribution < 1.29 is 0 Å². The van der Waals surface area contributed by atoms with E-state index in [0.29, 0.717) is 0 Å². The van der Waals surface area contributed by atoms with Crippen molar-refractivity contribution in [3.8, 4) is 12.1 Å². The van der Waals surface area contributed by atoms with E-state index in [1.54, 1.807) is 6.08 Å². The Morgan fingerprint density at radius 2 is 1.77 bits per heavy atom. The van der Waals surface area contributed by atoms with E-state index < -0.39 is 0 Å². The van der Waals surface area contributed by atoms with Gasteiger partial charge in [0.25, 0.3) is 0 Å². The van der Waals surface area contributed by atoms with Gasteiger partial charge in [-0.1, -0.05) is 36.4 Å². The lowest BCUT2D eigenvalue weighted by Crippen LogP contribution is -2.16. The van der Waals surface area contributed by atoms with Gasteiger partial charge in [-0.15, -0.1) is 0 Å². The summed E-state index contributed by atoms with van der Waals surface area (Å²) >= 11 is 0. The van der Waals surface area contributed by atoms with E-state index in [1.807, 2.05) is 56.4 Å². The number of nitriles is 2. The molecule has 2 rings (SSSR count). The highest BCUT2D eigenvalue weighted by molar-refractivity contribution is 5.66. The van der Waals surface area contributed by atoms with Gasteiger partial charge in [-0.25, -0.2) is 0 Å². The second-order valence-corrected chi connectivity index (χ2v) is 5.16. The second kappa shape index (κ2) is 7.11. The predicted octanol–water partition coefficient (Wildman–Crippen LogP) is 4.06. The maximum Gasteiger partial charge on any atom is 0.130 e. The van der Waals surface area contributed by atoms with Crippen LogP contribution in [0.4, 0.5) is 5.69 Å². The van der Waals surface area contributed by atoms with Crippen molar-refractivity contribution in [2.45, 2.75) is 13.5 Å². The average Bonchev–Trinajstić information content (AvgIpc) is 2.54. The van der Waals surface area contributed by atoms with E-state index >= 15 is 0 Å². The number of anilines is 1. The quantitative estimate of drug-likeness (QED) is 0.797. The minimum Gasteiger partial charge on any atom is -0.370 e. The van der Waals surface area contributed by atoms with Crippen LogP contribution >= 0.6 is 0 Å². The van der Waals surface area contributed by atoms with Crippen molar-refractivity contribution in [3.05, 3.63) is 70.8 Å². The topological polar surface area (TPSA) is 50.8 Å². The van der Waals surface area contributed by atoms with Gasteiger partial charge < -0.3 is 4.90 Å². The molecule has 0 amide bonds. The smallest absolute Gasteiger partial charge is 0.130 e. The molecule has 108 valence electrons. The third-order valence-corrected chi connectivity index (χ3v) is 3.50. The van der Waals surface area contributed by atoms with Gasteiger partial charge in [-0.2, -0.15) is 10.5 Å². The summed E-state index contributed by atoms with van der Waals surface area (Å²) in [6.45, 7) is 2.81. The highest BCUT2D eigenvalue weighted by atomic mass is 15.1. The van der Waals surface area contributed by atoms with E-state index in [9.17, 15) is 0 Å². The van der Waals surface area contributed by atoms with Crippen LogP contribution in [0.1, 0.15) is 16.7 Å². The minimum absolute atomic E-state index is 0.119. The summed E-state index contributed by atoms with van der Waals surface area (Å²) in [4.78, 5) is 2.17. The molecular formula is C19H17N3. The highest BCUT2D eigenvalue weighted by Crippen LogP contribution is 2.21. The van der Waals surface area contributed by atoms with Crippen molar-refractivity contribution >= 4 is 11.8 Å². The molecule has 0 saturated heterocycles. The Morgan fingerprint density at radius 1 is 1.09 bits per heavy atom. The summed E-state index contributed by atoms with van der Waals surface area (Å²) in [5.74, 6) is 0.